The van der Waals surface area contributed by atoms with Gasteiger partial charge in [-0.15, -0.1) is 0 Å². The Balaban J connectivity index is 2.63. The van der Waals surface area contributed by atoms with Gasteiger partial charge in [-0.25, -0.2) is 4.79 Å². The Morgan fingerprint density at radius 3 is 2.40 bits per heavy atom. The van der Waals surface area contributed by atoms with Gasteiger partial charge >= 0.3 is 6.16 Å². The Kier molecular flexibility index (Phi) is 1.66. The van der Waals surface area contributed by atoms with E-state index in [9.17, 15) is 4.79 Å². The van der Waals surface area contributed by atoms with Crippen LogP contribution in [0.25, 0.3) is 0 Å². The molecule has 0 saturated carbocycles. The van der Waals surface area contributed by atoms with Crippen molar-refractivity contribution in [1.29, 1.82) is 0 Å². The van der Waals surface area contributed by atoms with Crippen molar-refractivity contribution >= 4 is 6.16 Å². The normalized spacial score (nSPS) is 24.9. The first-order chi connectivity index (χ1) is 4.61. The molecule has 0 aromatic heterocycles. The van der Waals surface area contributed by atoms with E-state index >= 15 is 0 Å². The highest BCUT2D eigenvalue weighted by atomic mass is 16.8. The highest BCUT2D eigenvalue weighted by molar-refractivity contribution is 5.64. The molecule has 0 aromatic carbocycles. The van der Waals surface area contributed by atoms with Gasteiger partial charge in [0.25, 0.3) is 0 Å². The van der Waals surface area contributed by atoms with Crippen molar-refractivity contribution in [3.63, 3.8) is 0 Å². The molecule has 1 atom stereocenters. The monoisotopic (exact) mass is 142 g/mol. The average molecular weight is 142 g/mol. The first-order valence-corrected chi connectivity index (χ1v) is 3.18. The summed E-state index contributed by atoms with van der Waals surface area (Å²) in [5.41, 5.74) is 0. The minimum Gasteiger partial charge on any atom is -0.422 e. The van der Waals surface area contributed by atoms with E-state index in [0.717, 1.165) is 0 Å². The summed E-state index contributed by atoms with van der Waals surface area (Å²) >= 11 is 0. The number of hydrogen-bond acceptors (Lipinski definition) is 3. The fourth-order valence-corrected chi connectivity index (χ4v) is 0.866. The molecule has 0 unspecified atom stereocenters. The molecule has 0 spiro atoms. The van der Waals surface area contributed by atoms with Crippen LogP contribution in [0.5, 0.6) is 0 Å². The zero-order valence-electron chi connectivity index (χ0n) is 6.09. The summed E-state index contributed by atoms with van der Waals surface area (Å²) in [4.78, 5) is 10.5. The van der Waals surface area contributed by atoms with Gasteiger partial charge in [-0.05, 0) is 5.92 Å². The van der Waals surface area contributed by atoms with E-state index in [1.165, 1.54) is 0 Å². The van der Waals surface area contributed by atoms with E-state index in [1.807, 2.05) is 13.8 Å². The quantitative estimate of drug-likeness (QED) is 0.522. The van der Waals surface area contributed by atoms with Crippen LogP contribution in [0.4, 0.5) is 4.79 Å². The number of carbonyl (C=O) groups excluding carboxylic acids is 1. The number of rotatable bonds is 1. The Morgan fingerprint density at radius 2 is 2.20 bits per heavy atom. The Labute approximate surface area is 59.6 Å². The molecule has 0 amide bonds. The van der Waals surface area contributed by atoms with Gasteiger partial charge in [-0.1, -0.05) is 20.4 Å². The maximum absolute atomic E-state index is 10.5. The lowest BCUT2D eigenvalue weighted by atomic mass is 10.1. The molecular weight excluding hydrogens is 132 g/mol. The first kappa shape index (κ1) is 7.12. The van der Waals surface area contributed by atoms with E-state index in [0.29, 0.717) is 5.76 Å². The molecule has 0 radical (unpaired) electrons. The lowest BCUT2D eigenvalue weighted by Gasteiger charge is -2.09. The molecule has 1 aliphatic heterocycles. The summed E-state index contributed by atoms with van der Waals surface area (Å²) in [6, 6.07) is 0. The van der Waals surface area contributed by atoms with Gasteiger partial charge in [-0.2, -0.15) is 0 Å². The summed E-state index contributed by atoms with van der Waals surface area (Å²) in [7, 11) is 0. The minimum atomic E-state index is -0.635. The molecular formula is C7H10O3. The van der Waals surface area contributed by atoms with Crippen molar-refractivity contribution in [2.75, 3.05) is 0 Å². The van der Waals surface area contributed by atoms with Crippen LogP contribution in [0.3, 0.4) is 0 Å². The Bertz CT molecular complexity index is 172. The van der Waals surface area contributed by atoms with Crippen LogP contribution in [-0.4, -0.2) is 12.3 Å². The third-order valence-corrected chi connectivity index (χ3v) is 1.36. The van der Waals surface area contributed by atoms with E-state index in [1.54, 1.807) is 0 Å². The molecule has 3 nitrogen and oxygen atoms in total. The molecule has 0 aromatic rings. The predicted molar refractivity (Wildman–Crippen MR) is 35.3 cm³/mol. The number of cyclic esters (lactones) is 2. The average Bonchev–Trinajstić information content (AvgIpc) is 2.10. The molecule has 0 N–H and O–H groups in total. The van der Waals surface area contributed by atoms with Crippen molar-refractivity contribution in [3.8, 4) is 0 Å². The second-order valence-electron chi connectivity index (χ2n) is 2.60. The first-order valence-electron chi connectivity index (χ1n) is 3.18. The maximum Gasteiger partial charge on any atom is 0.514 e. The van der Waals surface area contributed by atoms with Crippen LogP contribution in [0.2, 0.25) is 0 Å². The lowest BCUT2D eigenvalue weighted by molar-refractivity contribution is 0.105. The van der Waals surface area contributed by atoms with E-state index in [4.69, 9.17) is 4.74 Å². The largest absolute Gasteiger partial charge is 0.514 e. The van der Waals surface area contributed by atoms with Crippen molar-refractivity contribution in [1.82, 2.24) is 0 Å². The summed E-state index contributed by atoms with van der Waals surface area (Å²) in [5.74, 6) is 0.652. The molecule has 1 rings (SSSR count). The Morgan fingerprint density at radius 1 is 1.60 bits per heavy atom. The highest BCUT2D eigenvalue weighted by Gasteiger charge is 2.31. The van der Waals surface area contributed by atoms with E-state index in [2.05, 4.69) is 11.3 Å². The topological polar surface area (TPSA) is 35.5 Å². The molecule has 56 valence electrons. The second-order valence-corrected chi connectivity index (χ2v) is 2.60. The summed E-state index contributed by atoms with van der Waals surface area (Å²) in [5, 5.41) is 0. The summed E-state index contributed by atoms with van der Waals surface area (Å²) in [6.07, 6.45) is -0.892. The van der Waals surface area contributed by atoms with E-state index in [-0.39, 0.29) is 12.0 Å². The zero-order valence-corrected chi connectivity index (χ0v) is 6.09. The molecule has 10 heavy (non-hydrogen) atoms. The van der Waals surface area contributed by atoms with Crippen molar-refractivity contribution in [2.24, 2.45) is 5.92 Å². The van der Waals surface area contributed by atoms with Crippen molar-refractivity contribution in [2.45, 2.75) is 20.0 Å². The van der Waals surface area contributed by atoms with Crippen LogP contribution in [0.15, 0.2) is 12.3 Å². The third kappa shape index (κ3) is 1.12. The standard InChI is InChI=1S/C7H10O3/c1-4(2)6-5(3)9-7(8)10-6/h4,6H,3H2,1-2H3/t6-/m1/s1. The molecule has 3 heteroatoms. The maximum atomic E-state index is 10.5. The Hall–Kier alpha value is -0.990. The van der Waals surface area contributed by atoms with Gasteiger partial charge in [0.15, 0.2) is 6.10 Å². The SMILES string of the molecule is C=C1OC(=O)O[C@@H]1C(C)C. The van der Waals surface area contributed by atoms with Crippen LogP contribution in [0.1, 0.15) is 13.8 Å². The van der Waals surface area contributed by atoms with Crippen molar-refractivity contribution < 1.29 is 14.3 Å². The van der Waals surface area contributed by atoms with Gasteiger partial charge in [0.1, 0.15) is 5.76 Å². The number of ether oxygens (including phenoxy) is 2. The lowest BCUT2D eigenvalue weighted by Crippen LogP contribution is -2.15. The van der Waals surface area contributed by atoms with Crippen LogP contribution >= 0.6 is 0 Å². The van der Waals surface area contributed by atoms with Crippen LogP contribution in [0, 0.1) is 5.92 Å². The van der Waals surface area contributed by atoms with Gasteiger partial charge in [0, 0.05) is 0 Å². The predicted octanol–water partition coefficient (Wildman–Crippen LogP) is 1.69. The number of hydrogen-bond donors (Lipinski definition) is 0. The minimum absolute atomic E-state index is 0.235. The molecule has 1 aliphatic rings. The molecule has 1 saturated heterocycles. The van der Waals surface area contributed by atoms with Gasteiger partial charge < -0.3 is 9.47 Å². The highest BCUT2D eigenvalue weighted by Crippen LogP contribution is 2.23. The third-order valence-electron chi connectivity index (χ3n) is 1.36. The fourth-order valence-electron chi connectivity index (χ4n) is 0.866. The smallest absolute Gasteiger partial charge is 0.422 e. The molecule has 1 heterocycles. The molecule has 0 bridgehead atoms. The van der Waals surface area contributed by atoms with Crippen molar-refractivity contribution in [3.05, 3.63) is 12.3 Å². The van der Waals surface area contributed by atoms with E-state index < -0.39 is 6.16 Å². The molecule has 1 fully saturated rings. The fraction of sp³-hybridized carbons (Fsp3) is 0.571. The zero-order chi connectivity index (χ0) is 7.72. The van der Waals surface area contributed by atoms with Gasteiger partial charge in [-0.3, -0.25) is 0 Å². The summed E-state index contributed by atoms with van der Waals surface area (Å²) < 4.78 is 9.35. The second kappa shape index (κ2) is 2.33. The van der Waals surface area contributed by atoms with Gasteiger partial charge in [0.05, 0.1) is 0 Å². The molecule has 0 aliphatic carbocycles. The number of carbonyl (C=O) groups is 1. The summed E-state index contributed by atoms with van der Waals surface area (Å²) in [6.45, 7) is 7.42. The van der Waals surface area contributed by atoms with Gasteiger partial charge in [0.2, 0.25) is 0 Å². The van der Waals surface area contributed by atoms with Crippen LogP contribution < -0.4 is 0 Å². The van der Waals surface area contributed by atoms with Crippen LogP contribution in [-0.2, 0) is 9.47 Å².